The first kappa shape index (κ1) is 22.1. The molecule has 0 aliphatic heterocycles. The van der Waals surface area contributed by atoms with Gasteiger partial charge in [-0.15, -0.1) is 0 Å². The molecular formula is C20H36N4O2. The van der Waals surface area contributed by atoms with Gasteiger partial charge in [-0.05, 0) is 58.6 Å². The molecule has 1 rings (SSSR count). The van der Waals surface area contributed by atoms with Gasteiger partial charge in [-0.3, -0.25) is 0 Å². The molecule has 2 N–H and O–H groups in total. The van der Waals surface area contributed by atoms with Crippen LogP contribution in [0.1, 0.15) is 53.9 Å². The summed E-state index contributed by atoms with van der Waals surface area (Å²) in [4.78, 5) is 20.5. The molecule has 6 nitrogen and oxygen atoms in total. The molecule has 0 fully saturated rings. The number of amides is 1. The lowest BCUT2D eigenvalue weighted by Gasteiger charge is -2.28. The third-order valence-electron chi connectivity index (χ3n) is 4.47. The maximum absolute atomic E-state index is 12.3. The molecule has 1 amide bonds. The van der Waals surface area contributed by atoms with E-state index in [0.717, 1.165) is 38.2 Å². The van der Waals surface area contributed by atoms with E-state index in [1.165, 1.54) is 0 Å². The SMILES string of the molecule is CCC(CCN(CC)C(=O)OC(C)(C)C)CCN(C)c1ncccc1N. The maximum Gasteiger partial charge on any atom is 0.410 e. The molecule has 0 saturated carbocycles. The fraction of sp³-hybridized carbons (Fsp3) is 0.700. The van der Waals surface area contributed by atoms with E-state index in [2.05, 4.69) is 16.8 Å². The Bertz CT molecular complexity index is 557. The number of nitrogens with two attached hydrogens (primary N) is 1. The number of hydrogen-bond donors (Lipinski definition) is 1. The van der Waals surface area contributed by atoms with Crippen LogP contribution in [0.4, 0.5) is 16.3 Å². The van der Waals surface area contributed by atoms with Gasteiger partial charge in [0.25, 0.3) is 0 Å². The molecule has 26 heavy (non-hydrogen) atoms. The zero-order chi connectivity index (χ0) is 19.7. The highest BCUT2D eigenvalue weighted by Gasteiger charge is 2.21. The van der Waals surface area contributed by atoms with Crippen LogP contribution in [-0.2, 0) is 4.74 Å². The third-order valence-corrected chi connectivity index (χ3v) is 4.47. The van der Waals surface area contributed by atoms with Crippen molar-refractivity contribution in [3.05, 3.63) is 18.3 Å². The van der Waals surface area contributed by atoms with E-state index in [-0.39, 0.29) is 6.09 Å². The summed E-state index contributed by atoms with van der Waals surface area (Å²) in [6.45, 7) is 12.1. The Morgan fingerprint density at radius 3 is 2.46 bits per heavy atom. The summed E-state index contributed by atoms with van der Waals surface area (Å²) >= 11 is 0. The van der Waals surface area contributed by atoms with Gasteiger partial charge >= 0.3 is 6.09 Å². The minimum absolute atomic E-state index is 0.228. The average Bonchev–Trinajstić information content (AvgIpc) is 2.56. The molecule has 1 aromatic rings. The van der Waals surface area contributed by atoms with Crippen LogP contribution in [0.2, 0.25) is 0 Å². The van der Waals surface area contributed by atoms with Gasteiger partial charge in [-0.25, -0.2) is 9.78 Å². The summed E-state index contributed by atoms with van der Waals surface area (Å²) in [6, 6.07) is 3.72. The van der Waals surface area contributed by atoms with Crippen molar-refractivity contribution in [2.24, 2.45) is 5.92 Å². The minimum atomic E-state index is -0.458. The van der Waals surface area contributed by atoms with Crippen LogP contribution in [0, 0.1) is 5.92 Å². The fourth-order valence-corrected chi connectivity index (χ4v) is 2.81. The molecule has 148 valence electrons. The Morgan fingerprint density at radius 1 is 1.27 bits per heavy atom. The average molecular weight is 365 g/mol. The Hall–Kier alpha value is -1.98. The van der Waals surface area contributed by atoms with E-state index in [1.807, 2.05) is 46.9 Å². The second kappa shape index (κ2) is 10.2. The normalized spacial score (nSPS) is 12.5. The van der Waals surface area contributed by atoms with Gasteiger partial charge in [0, 0.05) is 32.9 Å². The highest BCUT2D eigenvalue weighted by molar-refractivity contribution is 5.68. The van der Waals surface area contributed by atoms with Crippen molar-refractivity contribution in [3.8, 4) is 0 Å². The van der Waals surface area contributed by atoms with Gasteiger partial charge in [0.1, 0.15) is 5.60 Å². The Kier molecular flexibility index (Phi) is 8.69. The second-order valence-electron chi connectivity index (χ2n) is 7.75. The number of hydrogen-bond acceptors (Lipinski definition) is 5. The summed E-state index contributed by atoms with van der Waals surface area (Å²) < 4.78 is 5.48. The Balaban J connectivity index is 2.51. The maximum atomic E-state index is 12.3. The molecule has 1 aromatic heterocycles. The quantitative estimate of drug-likeness (QED) is 0.712. The number of ether oxygens (including phenoxy) is 1. The van der Waals surface area contributed by atoms with Crippen LogP contribution < -0.4 is 10.6 Å². The van der Waals surface area contributed by atoms with E-state index in [9.17, 15) is 4.79 Å². The molecule has 1 unspecified atom stereocenters. The first-order valence-electron chi connectivity index (χ1n) is 9.57. The van der Waals surface area contributed by atoms with Gasteiger partial charge in [0.15, 0.2) is 5.82 Å². The number of nitrogens with zero attached hydrogens (tertiary/aromatic N) is 3. The molecule has 0 spiro atoms. The fourth-order valence-electron chi connectivity index (χ4n) is 2.81. The second-order valence-corrected chi connectivity index (χ2v) is 7.75. The summed E-state index contributed by atoms with van der Waals surface area (Å²) in [5.41, 5.74) is 6.24. The first-order valence-corrected chi connectivity index (χ1v) is 9.57. The zero-order valence-electron chi connectivity index (χ0n) is 17.3. The van der Waals surface area contributed by atoms with E-state index >= 15 is 0 Å². The van der Waals surface area contributed by atoms with Gasteiger partial charge in [-0.2, -0.15) is 0 Å². The van der Waals surface area contributed by atoms with Crippen LogP contribution in [0.3, 0.4) is 0 Å². The van der Waals surface area contributed by atoms with Crippen molar-refractivity contribution in [3.63, 3.8) is 0 Å². The van der Waals surface area contributed by atoms with Gasteiger partial charge < -0.3 is 20.3 Å². The molecule has 0 aliphatic rings. The molecule has 6 heteroatoms. The summed E-state index contributed by atoms with van der Waals surface area (Å²) in [5, 5.41) is 0. The Morgan fingerprint density at radius 2 is 1.92 bits per heavy atom. The lowest BCUT2D eigenvalue weighted by Crippen LogP contribution is -2.38. The molecule has 0 bridgehead atoms. The van der Waals surface area contributed by atoms with Gasteiger partial charge in [0.05, 0.1) is 5.69 Å². The zero-order valence-corrected chi connectivity index (χ0v) is 17.3. The number of rotatable bonds is 9. The molecule has 1 atom stereocenters. The number of carbonyl (C=O) groups excluding carboxylic acids is 1. The number of aromatic nitrogens is 1. The highest BCUT2D eigenvalue weighted by atomic mass is 16.6. The van der Waals surface area contributed by atoms with Crippen molar-refractivity contribution in [1.29, 1.82) is 0 Å². The summed E-state index contributed by atoms with van der Waals surface area (Å²) in [5.74, 6) is 1.37. The van der Waals surface area contributed by atoms with E-state index in [1.54, 1.807) is 11.1 Å². The standard InChI is InChI=1S/C20H36N4O2/c1-7-16(11-14-23(6)18-17(21)10-9-13-22-18)12-15-24(8-2)19(25)26-20(3,4)5/h9-10,13,16H,7-8,11-12,14-15,21H2,1-6H3. The van der Waals surface area contributed by atoms with E-state index < -0.39 is 5.60 Å². The third kappa shape index (κ3) is 7.50. The van der Waals surface area contributed by atoms with Gasteiger partial charge in [0.2, 0.25) is 0 Å². The highest BCUT2D eigenvalue weighted by Crippen LogP contribution is 2.21. The number of anilines is 2. The topological polar surface area (TPSA) is 71.7 Å². The first-order chi connectivity index (χ1) is 12.2. The predicted octanol–water partition coefficient (Wildman–Crippen LogP) is 4.16. The summed E-state index contributed by atoms with van der Waals surface area (Å²) in [6.07, 6.45) is 4.62. The molecular weight excluding hydrogens is 328 g/mol. The van der Waals surface area contributed by atoms with Crippen molar-refractivity contribution < 1.29 is 9.53 Å². The lowest BCUT2D eigenvalue weighted by atomic mass is 9.98. The van der Waals surface area contributed by atoms with E-state index in [4.69, 9.17) is 10.5 Å². The molecule has 1 heterocycles. The minimum Gasteiger partial charge on any atom is -0.444 e. The van der Waals surface area contributed by atoms with Crippen LogP contribution in [0.15, 0.2) is 18.3 Å². The largest absolute Gasteiger partial charge is 0.444 e. The number of nitrogen functional groups attached to an aromatic ring is 1. The lowest BCUT2D eigenvalue weighted by molar-refractivity contribution is 0.0250. The molecule has 0 saturated heterocycles. The number of pyridine rings is 1. The molecule has 0 aliphatic carbocycles. The monoisotopic (exact) mass is 364 g/mol. The van der Waals surface area contributed by atoms with Crippen LogP contribution in [0.5, 0.6) is 0 Å². The molecule has 0 aromatic carbocycles. The van der Waals surface area contributed by atoms with Crippen LogP contribution in [-0.4, -0.2) is 48.3 Å². The van der Waals surface area contributed by atoms with Crippen molar-refractivity contribution in [2.75, 3.05) is 37.3 Å². The van der Waals surface area contributed by atoms with Gasteiger partial charge in [-0.1, -0.05) is 13.3 Å². The Labute approximate surface area is 158 Å². The van der Waals surface area contributed by atoms with Crippen molar-refractivity contribution >= 4 is 17.6 Å². The van der Waals surface area contributed by atoms with Crippen molar-refractivity contribution in [1.82, 2.24) is 9.88 Å². The van der Waals surface area contributed by atoms with Crippen molar-refractivity contribution in [2.45, 2.75) is 59.5 Å². The van der Waals surface area contributed by atoms with Crippen LogP contribution in [0.25, 0.3) is 0 Å². The number of carbonyl (C=O) groups is 1. The summed E-state index contributed by atoms with van der Waals surface area (Å²) in [7, 11) is 2.02. The smallest absolute Gasteiger partial charge is 0.410 e. The van der Waals surface area contributed by atoms with Crippen LogP contribution >= 0.6 is 0 Å². The molecule has 0 radical (unpaired) electrons. The van der Waals surface area contributed by atoms with E-state index in [0.29, 0.717) is 18.2 Å². The predicted molar refractivity (Wildman–Crippen MR) is 108 cm³/mol.